The lowest BCUT2D eigenvalue weighted by Gasteiger charge is -2.36. The molecule has 1 N–H and O–H groups in total. The molecule has 4 rings (SSSR count). The fourth-order valence-corrected chi connectivity index (χ4v) is 4.05. The standard InChI is InChI=1S/C22H26N2O3/c1-26-18-9-10-20-19(12-18)22(25)23-13-21(27-20)17-8-5-11-24(15-17)14-16-6-3-2-4-7-16/h2-4,6-7,9-10,12,17,21H,5,8,11,13-15H2,1H3,(H,23,25)/t17-,21-/m1/s1. The van der Waals surface area contributed by atoms with Crippen LogP contribution in [0.2, 0.25) is 0 Å². The van der Waals surface area contributed by atoms with Gasteiger partial charge in [0.1, 0.15) is 17.6 Å². The number of carbonyl (C=O) groups is 1. The summed E-state index contributed by atoms with van der Waals surface area (Å²) in [5, 5.41) is 3.03. The molecule has 2 atom stereocenters. The lowest BCUT2D eigenvalue weighted by atomic mass is 9.92. The summed E-state index contributed by atoms with van der Waals surface area (Å²) >= 11 is 0. The molecule has 1 saturated heterocycles. The molecule has 0 aromatic heterocycles. The first-order valence-electron chi connectivity index (χ1n) is 9.62. The number of piperidine rings is 1. The zero-order valence-electron chi connectivity index (χ0n) is 15.7. The molecule has 5 nitrogen and oxygen atoms in total. The van der Waals surface area contributed by atoms with Crippen LogP contribution in [0.15, 0.2) is 48.5 Å². The Labute approximate surface area is 160 Å². The van der Waals surface area contributed by atoms with Crippen molar-refractivity contribution in [1.82, 2.24) is 10.2 Å². The average Bonchev–Trinajstić information content (AvgIpc) is 2.88. The molecule has 27 heavy (non-hydrogen) atoms. The molecule has 2 aliphatic heterocycles. The van der Waals surface area contributed by atoms with E-state index in [0.717, 1.165) is 32.5 Å². The van der Waals surface area contributed by atoms with Gasteiger partial charge in [-0.3, -0.25) is 9.69 Å². The second-order valence-corrected chi connectivity index (χ2v) is 7.35. The fraction of sp³-hybridized carbons (Fsp3) is 0.409. The van der Waals surface area contributed by atoms with Gasteiger partial charge in [-0.05, 0) is 43.1 Å². The van der Waals surface area contributed by atoms with Crippen molar-refractivity contribution >= 4 is 5.91 Å². The number of hydrogen-bond donors (Lipinski definition) is 1. The normalized spacial score (nSPS) is 22.9. The number of benzene rings is 2. The molecule has 2 aliphatic rings. The highest BCUT2D eigenvalue weighted by atomic mass is 16.5. The van der Waals surface area contributed by atoms with Crippen LogP contribution in [0.4, 0.5) is 0 Å². The summed E-state index contributed by atoms with van der Waals surface area (Å²) in [6.07, 6.45) is 2.26. The molecule has 0 spiro atoms. The van der Waals surface area contributed by atoms with E-state index in [4.69, 9.17) is 9.47 Å². The molecule has 2 aromatic carbocycles. The highest BCUT2D eigenvalue weighted by Gasteiger charge is 2.32. The summed E-state index contributed by atoms with van der Waals surface area (Å²) in [4.78, 5) is 14.9. The molecule has 0 saturated carbocycles. The number of nitrogens with zero attached hydrogens (tertiary/aromatic N) is 1. The second kappa shape index (κ2) is 8.01. The number of amides is 1. The van der Waals surface area contributed by atoms with Gasteiger partial charge >= 0.3 is 0 Å². The van der Waals surface area contributed by atoms with Gasteiger partial charge in [0.15, 0.2) is 0 Å². The predicted molar refractivity (Wildman–Crippen MR) is 104 cm³/mol. The minimum Gasteiger partial charge on any atom is -0.497 e. The van der Waals surface area contributed by atoms with Gasteiger partial charge in [0, 0.05) is 19.0 Å². The Morgan fingerprint density at radius 1 is 1.22 bits per heavy atom. The maximum absolute atomic E-state index is 12.5. The molecule has 2 heterocycles. The number of ether oxygens (including phenoxy) is 2. The Hall–Kier alpha value is -2.53. The van der Waals surface area contributed by atoms with E-state index >= 15 is 0 Å². The number of fused-ring (bicyclic) bond motifs is 1. The Morgan fingerprint density at radius 2 is 2.07 bits per heavy atom. The van der Waals surface area contributed by atoms with E-state index in [0.29, 0.717) is 29.5 Å². The molecule has 5 heteroatoms. The van der Waals surface area contributed by atoms with Crippen molar-refractivity contribution < 1.29 is 14.3 Å². The summed E-state index contributed by atoms with van der Waals surface area (Å²) in [6.45, 7) is 3.60. The third-order valence-corrected chi connectivity index (χ3v) is 5.49. The first-order chi connectivity index (χ1) is 13.2. The largest absolute Gasteiger partial charge is 0.497 e. The lowest BCUT2D eigenvalue weighted by molar-refractivity contribution is 0.0659. The van der Waals surface area contributed by atoms with Crippen LogP contribution in [-0.4, -0.2) is 43.7 Å². The summed E-state index contributed by atoms with van der Waals surface area (Å²) in [7, 11) is 1.60. The first kappa shape index (κ1) is 17.9. The Kier molecular flexibility index (Phi) is 5.30. The Bertz CT molecular complexity index is 793. The van der Waals surface area contributed by atoms with Crippen molar-refractivity contribution in [3.8, 4) is 11.5 Å². The maximum atomic E-state index is 12.5. The molecule has 0 aliphatic carbocycles. The van der Waals surface area contributed by atoms with Crippen LogP contribution >= 0.6 is 0 Å². The van der Waals surface area contributed by atoms with Crippen LogP contribution in [0.5, 0.6) is 11.5 Å². The van der Waals surface area contributed by atoms with Crippen molar-refractivity contribution in [3.05, 3.63) is 59.7 Å². The van der Waals surface area contributed by atoms with Crippen LogP contribution in [0, 0.1) is 5.92 Å². The molecule has 0 unspecified atom stereocenters. The average molecular weight is 366 g/mol. The zero-order chi connectivity index (χ0) is 18.6. The number of nitrogens with one attached hydrogen (secondary N) is 1. The van der Waals surface area contributed by atoms with Crippen LogP contribution in [0.25, 0.3) is 0 Å². The molecule has 2 aromatic rings. The van der Waals surface area contributed by atoms with Gasteiger partial charge in [0.05, 0.1) is 19.2 Å². The van der Waals surface area contributed by atoms with Crippen LogP contribution in [-0.2, 0) is 6.54 Å². The molecule has 142 valence electrons. The van der Waals surface area contributed by atoms with E-state index in [1.165, 1.54) is 5.56 Å². The second-order valence-electron chi connectivity index (χ2n) is 7.35. The van der Waals surface area contributed by atoms with Gasteiger partial charge in [0.2, 0.25) is 0 Å². The SMILES string of the molecule is COc1ccc2c(c1)C(=O)NC[C@H]([C@@H]1CCCN(Cc3ccccc3)C1)O2. The predicted octanol–water partition coefficient (Wildman–Crippen LogP) is 3.10. The zero-order valence-corrected chi connectivity index (χ0v) is 15.7. The van der Waals surface area contributed by atoms with E-state index in [2.05, 4.69) is 40.5 Å². The van der Waals surface area contributed by atoms with E-state index in [1.54, 1.807) is 13.2 Å². The van der Waals surface area contributed by atoms with Gasteiger partial charge < -0.3 is 14.8 Å². The van der Waals surface area contributed by atoms with Gasteiger partial charge in [-0.15, -0.1) is 0 Å². The van der Waals surface area contributed by atoms with Crippen molar-refractivity contribution in [2.24, 2.45) is 5.92 Å². The van der Waals surface area contributed by atoms with E-state index in [1.807, 2.05) is 12.1 Å². The van der Waals surface area contributed by atoms with Gasteiger partial charge in [0.25, 0.3) is 5.91 Å². The van der Waals surface area contributed by atoms with Crippen molar-refractivity contribution in [3.63, 3.8) is 0 Å². The summed E-state index contributed by atoms with van der Waals surface area (Å²) in [5.41, 5.74) is 1.89. The van der Waals surface area contributed by atoms with Crippen molar-refractivity contribution in [2.75, 3.05) is 26.7 Å². The minimum absolute atomic E-state index is 0.0119. The van der Waals surface area contributed by atoms with E-state index in [9.17, 15) is 4.79 Å². The number of hydrogen-bond acceptors (Lipinski definition) is 4. The number of carbonyl (C=O) groups excluding carboxylic acids is 1. The molecule has 0 bridgehead atoms. The highest BCUT2D eigenvalue weighted by Crippen LogP contribution is 2.30. The van der Waals surface area contributed by atoms with E-state index in [-0.39, 0.29) is 12.0 Å². The van der Waals surface area contributed by atoms with E-state index < -0.39 is 0 Å². The molecule has 0 radical (unpaired) electrons. The minimum atomic E-state index is -0.0941. The topological polar surface area (TPSA) is 50.8 Å². The molecule has 1 fully saturated rings. The quantitative estimate of drug-likeness (QED) is 0.903. The Balaban J connectivity index is 1.46. The van der Waals surface area contributed by atoms with Gasteiger partial charge in [-0.1, -0.05) is 30.3 Å². The van der Waals surface area contributed by atoms with Crippen molar-refractivity contribution in [1.29, 1.82) is 0 Å². The molecule has 1 amide bonds. The van der Waals surface area contributed by atoms with Crippen molar-refractivity contribution in [2.45, 2.75) is 25.5 Å². The third kappa shape index (κ3) is 4.08. The smallest absolute Gasteiger partial charge is 0.255 e. The molecular formula is C22H26N2O3. The van der Waals surface area contributed by atoms with Crippen LogP contribution in [0.1, 0.15) is 28.8 Å². The first-order valence-corrected chi connectivity index (χ1v) is 9.62. The highest BCUT2D eigenvalue weighted by molar-refractivity contribution is 5.97. The number of likely N-dealkylation sites (tertiary alicyclic amines) is 1. The lowest BCUT2D eigenvalue weighted by Crippen LogP contribution is -2.45. The summed E-state index contributed by atoms with van der Waals surface area (Å²) < 4.78 is 11.5. The fourth-order valence-electron chi connectivity index (χ4n) is 4.05. The third-order valence-electron chi connectivity index (χ3n) is 5.49. The van der Waals surface area contributed by atoms with Gasteiger partial charge in [-0.25, -0.2) is 0 Å². The monoisotopic (exact) mass is 366 g/mol. The summed E-state index contributed by atoms with van der Waals surface area (Å²) in [6, 6.07) is 16.0. The van der Waals surface area contributed by atoms with Crippen LogP contribution < -0.4 is 14.8 Å². The summed E-state index contributed by atoms with van der Waals surface area (Å²) in [5.74, 6) is 1.62. The Morgan fingerprint density at radius 3 is 2.89 bits per heavy atom. The maximum Gasteiger partial charge on any atom is 0.255 e. The van der Waals surface area contributed by atoms with Crippen LogP contribution in [0.3, 0.4) is 0 Å². The van der Waals surface area contributed by atoms with Gasteiger partial charge in [-0.2, -0.15) is 0 Å². The number of rotatable bonds is 4. The number of methoxy groups -OCH3 is 1. The molecular weight excluding hydrogens is 340 g/mol.